The third-order valence-electron chi connectivity index (χ3n) is 2.87. The second kappa shape index (κ2) is 7.88. The topological polar surface area (TPSA) is 24.9 Å². The second-order valence-electron chi connectivity index (χ2n) is 4.24. The van der Waals surface area contributed by atoms with E-state index in [1.54, 1.807) is 0 Å². The minimum atomic E-state index is 0. The van der Waals surface area contributed by atoms with Crippen molar-refractivity contribution in [1.82, 2.24) is 10.3 Å². The molecule has 0 radical (unpaired) electrons. The van der Waals surface area contributed by atoms with Crippen molar-refractivity contribution in [2.24, 2.45) is 5.92 Å². The third-order valence-corrected chi connectivity index (χ3v) is 2.87. The molecule has 1 aromatic rings. The Morgan fingerprint density at radius 2 is 2.19 bits per heavy atom. The smallest absolute Gasteiger partial charge is 0.0407 e. The van der Waals surface area contributed by atoms with E-state index in [1.165, 1.54) is 30.6 Å². The van der Waals surface area contributed by atoms with Crippen molar-refractivity contribution in [2.75, 3.05) is 13.1 Å². The zero-order chi connectivity index (χ0) is 9.80. The maximum atomic E-state index is 4.44. The maximum absolute atomic E-state index is 4.44. The minimum absolute atomic E-state index is 0. The number of piperidine rings is 1. The van der Waals surface area contributed by atoms with Crippen molar-refractivity contribution in [1.29, 1.82) is 0 Å². The van der Waals surface area contributed by atoms with Crippen LogP contribution in [0.2, 0.25) is 0 Å². The largest absolute Gasteiger partial charge is 0.316 e. The fraction of sp³-hybridized carbons (Fsp3) is 0.583. The van der Waals surface area contributed by atoms with Crippen molar-refractivity contribution in [2.45, 2.75) is 26.2 Å². The van der Waals surface area contributed by atoms with Crippen molar-refractivity contribution in [3.63, 3.8) is 0 Å². The number of nitrogens with one attached hydrogen (secondary N) is 1. The number of halogens is 2. The van der Waals surface area contributed by atoms with E-state index in [1.807, 2.05) is 6.20 Å². The van der Waals surface area contributed by atoms with Gasteiger partial charge in [-0.15, -0.1) is 24.8 Å². The summed E-state index contributed by atoms with van der Waals surface area (Å²) >= 11 is 0. The number of hydrogen-bond acceptors (Lipinski definition) is 2. The van der Waals surface area contributed by atoms with E-state index in [0.29, 0.717) is 0 Å². The molecule has 4 heteroatoms. The molecule has 0 amide bonds. The zero-order valence-corrected chi connectivity index (χ0v) is 11.2. The highest BCUT2D eigenvalue weighted by Crippen LogP contribution is 2.15. The number of nitrogens with zero attached hydrogens (tertiary/aromatic N) is 1. The summed E-state index contributed by atoms with van der Waals surface area (Å²) in [5.74, 6) is 0.791. The van der Waals surface area contributed by atoms with E-state index < -0.39 is 0 Å². The fourth-order valence-electron chi connectivity index (χ4n) is 2.01. The summed E-state index contributed by atoms with van der Waals surface area (Å²) in [5, 5.41) is 3.44. The van der Waals surface area contributed by atoms with Crippen molar-refractivity contribution in [3.8, 4) is 0 Å². The first-order valence-corrected chi connectivity index (χ1v) is 5.47. The van der Waals surface area contributed by atoms with Gasteiger partial charge in [-0.3, -0.25) is 4.98 Å². The predicted molar refractivity (Wildman–Crippen MR) is 72.8 cm³/mol. The summed E-state index contributed by atoms with van der Waals surface area (Å²) in [6.45, 7) is 4.44. The minimum Gasteiger partial charge on any atom is -0.316 e. The molecule has 1 aliphatic heterocycles. The zero-order valence-electron chi connectivity index (χ0n) is 9.61. The summed E-state index contributed by atoms with van der Waals surface area (Å²) < 4.78 is 0. The Morgan fingerprint density at radius 3 is 2.75 bits per heavy atom. The third kappa shape index (κ3) is 4.69. The van der Waals surface area contributed by atoms with E-state index in [2.05, 4.69) is 29.4 Å². The molecule has 0 aromatic carbocycles. The SMILES string of the molecule is Cc1ccc(CC2CCCNC2)nc1.Cl.Cl. The first-order valence-electron chi connectivity index (χ1n) is 5.47. The van der Waals surface area contributed by atoms with E-state index >= 15 is 0 Å². The lowest BCUT2D eigenvalue weighted by Crippen LogP contribution is -2.31. The van der Waals surface area contributed by atoms with Gasteiger partial charge in [0.15, 0.2) is 0 Å². The Labute approximate surface area is 110 Å². The quantitative estimate of drug-likeness (QED) is 0.887. The average Bonchev–Trinajstić information content (AvgIpc) is 2.23. The fourth-order valence-corrected chi connectivity index (χ4v) is 2.01. The number of hydrogen-bond donors (Lipinski definition) is 1. The molecule has 1 unspecified atom stereocenters. The molecule has 2 heterocycles. The standard InChI is InChI=1S/C12H18N2.2ClH/c1-10-4-5-12(14-8-10)7-11-3-2-6-13-9-11;;/h4-5,8,11,13H,2-3,6-7,9H2,1H3;2*1H. The van der Waals surface area contributed by atoms with Crippen LogP contribution in [0, 0.1) is 12.8 Å². The molecule has 0 aliphatic carbocycles. The monoisotopic (exact) mass is 262 g/mol. The van der Waals surface area contributed by atoms with Crippen molar-refractivity contribution < 1.29 is 0 Å². The van der Waals surface area contributed by atoms with Crippen molar-refractivity contribution >= 4 is 24.8 Å². The van der Waals surface area contributed by atoms with Gasteiger partial charge in [0.05, 0.1) is 0 Å². The van der Waals surface area contributed by atoms with Crippen LogP contribution in [0.4, 0.5) is 0 Å². The van der Waals surface area contributed by atoms with Crippen LogP contribution in [0.1, 0.15) is 24.1 Å². The molecule has 2 nitrogen and oxygen atoms in total. The van der Waals surface area contributed by atoms with Crippen LogP contribution < -0.4 is 5.32 Å². The molecule has 16 heavy (non-hydrogen) atoms. The van der Waals surface area contributed by atoms with Gasteiger partial charge in [0.25, 0.3) is 0 Å². The molecule has 0 bridgehead atoms. The first kappa shape index (κ1) is 15.7. The Kier molecular flexibility index (Phi) is 7.73. The Morgan fingerprint density at radius 1 is 1.38 bits per heavy atom. The summed E-state index contributed by atoms with van der Waals surface area (Å²) in [6.07, 6.45) is 5.76. The molecule has 1 N–H and O–H groups in total. The first-order chi connectivity index (χ1) is 6.84. The van der Waals surface area contributed by atoms with Crippen LogP contribution in [0.25, 0.3) is 0 Å². The highest BCUT2D eigenvalue weighted by molar-refractivity contribution is 5.85. The number of aryl methyl sites for hydroxylation is 1. The highest BCUT2D eigenvalue weighted by Gasteiger charge is 2.13. The molecule has 92 valence electrons. The van der Waals surface area contributed by atoms with Crippen molar-refractivity contribution in [3.05, 3.63) is 29.6 Å². The van der Waals surface area contributed by atoms with Crippen LogP contribution in [0.15, 0.2) is 18.3 Å². The summed E-state index contributed by atoms with van der Waals surface area (Å²) in [4.78, 5) is 4.44. The Hall–Kier alpha value is -0.310. The lowest BCUT2D eigenvalue weighted by atomic mass is 9.94. The van der Waals surface area contributed by atoms with Gasteiger partial charge < -0.3 is 5.32 Å². The Balaban J connectivity index is 0.00000112. The molecule has 2 rings (SSSR count). The average molecular weight is 263 g/mol. The van der Waals surface area contributed by atoms with Crippen LogP contribution in [-0.4, -0.2) is 18.1 Å². The molecule has 1 aromatic heterocycles. The van der Waals surface area contributed by atoms with Gasteiger partial charge in [-0.1, -0.05) is 6.07 Å². The summed E-state index contributed by atoms with van der Waals surface area (Å²) in [7, 11) is 0. The van der Waals surface area contributed by atoms with Gasteiger partial charge in [-0.2, -0.15) is 0 Å². The van der Waals surface area contributed by atoms with Gasteiger partial charge in [0.2, 0.25) is 0 Å². The lowest BCUT2D eigenvalue weighted by Gasteiger charge is -2.22. The molecule has 1 saturated heterocycles. The molecular weight excluding hydrogens is 243 g/mol. The van der Waals surface area contributed by atoms with Gasteiger partial charge in [0, 0.05) is 11.9 Å². The highest BCUT2D eigenvalue weighted by atomic mass is 35.5. The van der Waals surface area contributed by atoms with E-state index in [0.717, 1.165) is 18.9 Å². The summed E-state index contributed by atoms with van der Waals surface area (Å²) in [5.41, 5.74) is 2.49. The lowest BCUT2D eigenvalue weighted by molar-refractivity contribution is 0.373. The molecule has 1 fully saturated rings. The Bertz CT molecular complexity index is 282. The van der Waals surface area contributed by atoms with Crippen LogP contribution >= 0.6 is 24.8 Å². The van der Waals surface area contributed by atoms with Gasteiger partial charge >= 0.3 is 0 Å². The normalized spacial score (nSPS) is 19.4. The molecule has 1 aliphatic rings. The summed E-state index contributed by atoms with van der Waals surface area (Å²) in [6, 6.07) is 4.31. The van der Waals surface area contributed by atoms with Gasteiger partial charge in [-0.25, -0.2) is 0 Å². The molecular formula is C12H20Cl2N2. The van der Waals surface area contributed by atoms with E-state index in [4.69, 9.17) is 0 Å². The number of rotatable bonds is 2. The van der Waals surface area contributed by atoms with Crippen LogP contribution in [0.3, 0.4) is 0 Å². The number of pyridine rings is 1. The maximum Gasteiger partial charge on any atom is 0.0407 e. The van der Waals surface area contributed by atoms with E-state index in [9.17, 15) is 0 Å². The van der Waals surface area contributed by atoms with E-state index in [-0.39, 0.29) is 24.8 Å². The van der Waals surface area contributed by atoms with Gasteiger partial charge in [0.1, 0.15) is 0 Å². The van der Waals surface area contributed by atoms with Crippen LogP contribution in [-0.2, 0) is 6.42 Å². The number of aromatic nitrogens is 1. The molecule has 1 atom stereocenters. The molecule has 0 spiro atoms. The molecule has 0 saturated carbocycles. The second-order valence-corrected chi connectivity index (χ2v) is 4.24. The van der Waals surface area contributed by atoms with Gasteiger partial charge in [-0.05, 0) is 56.8 Å². The van der Waals surface area contributed by atoms with Crippen LogP contribution in [0.5, 0.6) is 0 Å². The predicted octanol–water partition coefficient (Wildman–Crippen LogP) is 2.78.